The van der Waals surface area contributed by atoms with Crippen molar-refractivity contribution in [3.05, 3.63) is 36.0 Å². The highest BCUT2D eigenvalue weighted by Gasteiger charge is 2.29. The van der Waals surface area contributed by atoms with E-state index < -0.39 is 19.4 Å². The van der Waals surface area contributed by atoms with Crippen molar-refractivity contribution in [2.24, 2.45) is 0 Å². The highest BCUT2D eigenvalue weighted by molar-refractivity contribution is 5.83. The van der Waals surface area contributed by atoms with Gasteiger partial charge in [-0.1, -0.05) is 18.2 Å². The maximum atomic E-state index is 12.1. The molecule has 96 valence electrons. The molecule has 18 heavy (non-hydrogen) atoms. The van der Waals surface area contributed by atoms with Crippen molar-refractivity contribution in [2.75, 3.05) is 6.61 Å². The summed E-state index contributed by atoms with van der Waals surface area (Å²) in [5.74, 6) is -0.0477. The first kappa shape index (κ1) is 12.6. The molecule has 1 heterocycles. The van der Waals surface area contributed by atoms with Gasteiger partial charge < -0.3 is 9.84 Å². The fourth-order valence-corrected chi connectivity index (χ4v) is 1.63. The van der Waals surface area contributed by atoms with Crippen molar-refractivity contribution in [3.63, 3.8) is 0 Å². The van der Waals surface area contributed by atoms with Crippen LogP contribution in [-0.2, 0) is 6.61 Å². The van der Waals surface area contributed by atoms with Crippen molar-refractivity contribution in [1.82, 2.24) is 4.98 Å². The third-order valence-electron chi connectivity index (χ3n) is 2.40. The minimum Gasteiger partial charge on any atom is -0.482 e. The largest absolute Gasteiger partial charge is 0.482 e. The molecule has 2 aromatic rings. The first-order chi connectivity index (χ1) is 8.51. The van der Waals surface area contributed by atoms with Gasteiger partial charge in [-0.15, -0.1) is 0 Å². The van der Waals surface area contributed by atoms with E-state index >= 15 is 0 Å². The van der Waals surface area contributed by atoms with E-state index in [9.17, 15) is 18.3 Å². The molecule has 1 aromatic carbocycles. The van der Waals surface area contributed by atoms with Gasteiger partial charge in [0.25, 0.3) is 0 Å². The van der Waals surface area contributed by atoms with Crippen LogP contribution in [0, 0.1) is 0 Å². The van der Waals surface area contributed by atoms with Crippen LogP contribution in [0.5, 0.6) is 5.75 Å². The maximum absolute atomic E-state index is 12.1. The number of pyridine rings is 1. The molecule has 0 atom stereocenters. The SMILES string of the molecule is OCc1c(OCC(F)(F)F)cnc2ccccc12. The monoisotopic (exact) mass is 257 g/mol. The summed E-state index contributed by atoms with van der Waals surface area (Å²) in [5, 5.41) is 9.84. The Morgan fingerprint density at radius 2 is 1.94 bits per heavy atom. The third kappa shape index (κ3) is 2.70. The lowest BCUT2D eigenvalue weighted by molar-refractivity contribution is -0.153. The number of nitrogens with zero attached hydrogens (tertiary/aromatic N) is 1. The molecular weight excluding hydrogens is 247 g/mol. The Hall–Kier alpha value is -1.82. The summed E-state index contributed by atoms with van der Waals surface area (Å²) in [7, 11) is 0. The number of alkyl halides is 3. The van der Waals surface area contributed by atoms with Gasteiger partial charge in [-0.3, -0.25) is 4.98 Å². The quantitative estimate of drug-likeness (QED) is 0.919. The number of rotatable bonds is 3. The van der Waals surface area contributed by atoms with Crippen LogP contribution in [0.4, 0.5) is 13.2 Å². The fraction of sp³-hybridized carbons (Fsp3) is 0.250. The van der Waals surface area contributed by atoms with E-state index in [4.69, 9.17) is 0 Å². The topological polar surface area (TPSA) is 42.4 Å². The van der Waals surface area contributed by atoms with Crippen LogP contribution >= 0.6 is 0 Å². The molecule has 0 aliphatic heterocycles. The van der Waals surface area contributed by atoms with Crippen LogP contribution in [-0.4, -0.2) is 22.9 Å². The molecule has 2 rings (SSSR count). The number of aromatic nitrogens is 1. The molecule has 0 unspecified atom stereocenters. The Morgan fingerprint density at radius 1 is 1.22 bits per heavy atom. The van der Waals surface area contributed by atoms with Gasteiger partial charge in [-0.2, -0.15) is 13.2 Å². The second-order valence-electron chi connectivity index (χ2n) is 3.68. The molecule has 0 saturated heterocycles. The Kier molecular flexibility index (Phi) is 3.38. The lowest BCUT2D eigenvalue weighted by Gasteiger charge is -2.13. The van der Waals surface area contributed by atoms with Crippen molar-refractivity contribution >= 4 is 10.9 Å². The number of para-hydroxylation sites is 1. The number of ether oxygens (including phenoxy) is 1. The van der Waals surface area contributed by atoms with Gasteiger partial charge in [0.2, 0.25) is 0 Å². The van der Waals surface area contributed by atoms with E-state index in [0.717, 1.165) is 0 Å². The van der Waals surface area contributed by atoms with Crippen LogP contribution < -0.4 is 4.74 Å². The minimum atomic E-state index is -4.42. The smallest absolute Gasteiger partial charge is 0.422 e. The summed E-state index contributed by atoms with van der Waals surface area (Å²) in [6.45, 7) is -1.81. The predicted octanol–water partition coefficient (Wildman–Crippen LogP) is 2.67. The van der Waals surface area contributed by atoms with Crippen molar-refractivity contribution in [1.29, 1.82) is 0 Å². The lowest BCUT2D eigenvalue weighted by atomic mass is 10.1. The maximum Gasteiger partial charge on any atom is 0.422 e. The average Bonchev–Trinajstić information content (AvgIpc) is 2.34. The summed E-state index contributed by atoms with van der Waals surface area (Å²) in [6.07, 6.45) is -3.22. The van der Waals surface area contributed by atoms with Gasteiger partial charge in [0.1, 0.15) is 5.75 Å². The molecule has 1 aromatic heterocycles. The third-order valence-corrected chi connectivity index (χ3v) is 2.40. The Labute approximate surface area is 101 Å². The van der Waals surface area contributed by atoms with Gasteiger partial charge in [0, 0.05) is 10.9 Å². The van der Waals surface area contributed by atoms with E-state index in [1.54, 1.807) is 24.3 Å². The Bertz CT molecular complexity index is 555. The number of halogens is 3. The summed E-state index contributed by atoms with van der Waals surface area (Å²) in [5.41, 5.74) is 0.908. The van der Waals surface area contributed by atoms with Gasteiger partial charge in [0.05, 0.1) is 18.3 Å². The number of aliphatic hydroxyl groups is 1. The number of hydrogen-bond donors (Lipinski definition) is 1. The zero-order chi connectivity index (χ0) is 13.2. The summed E-state index contributed by atoms with van der Waals surface area (Å²) in [4.78, 5) is 3.99. The first-order valence-corrected chi connectivity index (χ1v) is 5.18. The fourth-order valence-electron chi connectivity index (χ4n) is 1.63. The second kappa shape index (κ2) is 4.81. The van der Waals surface area contributed by atoms with E-state index in [1.807, 2.05) is 0 Å². The number of hydrogen-bond acceptors (Lipinski definition) is 3. The highest BCUT2D eigenvalue weighted by atomic mass is 19.4. The Balaban J connectivity index is 2.39. The van der Waals surface area contributed by atoms with E-state index in [1.165, 1.54) is 6.20 Å². The molecule has 6 heteroatoms. The molecule has 0 spiro atoms. The van der Waals surface area contributed by atoms with Gasteiger partial charge in [0.15, 0.2) is 6.61 Å². The molecule has 0 fully saturated rings. The van der Waals surface area contributed by atoms with Gasteiger partial charge >= 0.3 is 6.18 Å². The molecule has 0 aliphatic carbocycles. The average molecular weight is 257 g/mol. The van der Waals surface area contributed by atoms with Crippen molar-refractivity contribution < 1.29 is 23.0 Å². The summed E-state index contributed by atoms with van der Waals surface area (Å²) < 4.78 is 40.9. The van der Waals surface area contributed by atoms with E-state index in [0.29, 0.717) is 16.5 Å². The van der Waals surface area contributed by atoms with Crippen molar-refractivity contribution in [3.8, 4) is 5.75 Å². The van der Waals surface area contributed by atoms with Gasteiger partial charge in [-0.05, 0) is 6.07 Å². The molecule has 3 nitrogen and oxygen atoms in total. The van der Waals surface area contributed by atoms with E-state index in [2.05, 4.69) is 9.72 Å². The number of fused-ring (bicyclic) bond motifs is 1. The van der Waals surface area contributed by atoms with Gasteiger partial charge in [-0.25, -0.2) is 0 Å². The molecule has 0 bridgehead atoms. The van der Waals surface area contributed by atoms with Crippen LogP contribution in [0.25, 0.3) is 10.9 Å². The van der Waals surface area contributed by atoms with Crippen LogP contribution in [0.3, 0.4) is 0 Å². The van der Waals surface area contributed by atoms with Crippen LogP contribution in [0.2, 0.25) is 0 Å². The van der Waals surface area contributed by atoms with Crippen LogP contribution in [0.1, 0.15) is 5.56 Å². The summed E-state index contributed by atoms with van der Waals surface area (Å²) >= 11 is 0. The zero-order valence-electron chi connectivity index (χ0n) is 9.24. The predicted molar refractivity (Wildman–Crippen MR) is 59.2 cm³/mol. The molecule has 0 amide bonds. The van der Waals surface area contributed by atoms with E-state index in [-0.39, 0.29) is 5.75 Å². The zero-order valence-corrected chi connectivity index (χ0v) is 9.24. The van der Waals surface area contributed by atoms with Crippen LogP contribution in [0.15, 0.2) is 30.5 Å². The minimum absolute atomic E-state index is 0.0477. The first-order valence-electron chi connectivity index (χ1n) is 5.18. The molecule has 1 N–H and O–H groups in total. The molecule has 0 radical (unpaired) electrons. The number of aliphatic hydroxyl groups excluding tert-OH is 1. The Morgan fingerprint density at radius 3 is 2.61 bits per heavy atom. The lowest BCUT2D eigenvalue weighted by Crippen LogP contribution is -2.19. The number of benzene rings is 1. The van der Waals surface area contributed by atoms with Crippen molar-refractivity contribution in [2.45, 2.75) is 12.8 Å². The summed E-state index contributed by atoms with van der Waals surface area (Å²) in [6, 6.07) is 6.86. The molecular formula is C12H10F3NO2. The second-order valence-corrected chi connectivity index (χ2v) is 3.68. The normalized spacial score (nSPS) is 11.8. The standard InChI is InChI=1S/C12H10F3NO2/c13-12(14,15)7-18-11-5-16-10-4-2-1-3-8(10)9(11)6-17/h1-5,17H,6-7H2. The molecule has 0 saturated carbocycles. The molecule has 0 aliphatic rings. The highest BCUT2D eigenvalue weighted by Crippen LogP contribution is 2.27.